The molecule has 1 heterocycles. The number of hydrogen-bond acceptors (Lipinski definition) is 3. The molecule has 0 amide bonds. The molecule has 1 atom stereocenters. The van der Waals surface area contributed by atoms with Gasteiger partial charge in [-0.3, -0.25) is 5.32 Å². The van der Waals surface area contributed by atoms with Gasteiger partial charge in [0.05, 0.1) is 6.07 Å². The van der Waals surface area contributed by atoms with Crippen LogP contribution in [0.25, 0.3) is 0 Å². The van der Waals surface area contributed by atoms with Crippen LogP contribution >= 0.6 is 0 Å². The first kappa shape index (κ1) is 12.5. The Labute approximate surface area is 93.5 Å². The van der Waals surface area contributed by atoms with Crippen molar-refractivity contribution in [1.82, 2.24) is 10.2 Å². The number of nitrogens with zero attached hydrogens (tertiary/aromatic N) is 2. The number of rotatable bonds is 3. The molecule has 0 spiro atoms. The predicted octanol–water partition coefficient (Wildman–Crippen LogP) is 1.75. The molecule has 1 fully saturated rings. The molecule has 3 heteroatoms. The summed E-state index contributed by atoms with van der Waals surface area (Å²) in [4.78, 5) is 2.38. The molecule has 0 radical (unpaired) electrons. The van der Waals surface area contributed by atoms with E-state index in [-0.39, 0.29) is 11.1 Å². The predicted molar refractivity (Wildman–Crippen MR) is 62.6 cm³/mol. The van der Waals surface area contributed by atoms with E-state index < -0.39 is 0 Å². The van der Waals surface area contributed by atoms with E-state index in [1.54, 1.807) is 0 Å². The van der Waals surface area contributed by atoms with Crippen molar-refractivity contribution in [3.05, 3.63) is 0 Å². The minimum atomic E-state index is -0.326. The number of hydrogen-bond donors (Lipinski definition) is 1. The van der Waals surface area contributed by atoms with Crippen molar-refractivity contribution in [2.45, 2.75) is 51.6 Å². The van der Waals surface area contributed by atoms with Crippen LogP contribution in [-0.4, -0.2) is 35.6 Å². The van der Waals surface area contributed by atoms with Crippen molar-refractivity contribution in [2.24, 2.45) is 0 Å². The summed E-state index contributed by atoms with van der Waals surface area (Å²) in [6.45, 7) is 11.6. The maximum atomic E-state index is 9.33. The maximum absolute atomic E-state index is 9.33. The van der Waals surface area contributed by atoms with Crippen LogP contribution in [0.3, 0.4) is 0 Å². The van der Waals surface area contributed by atoms with Gasteiger partial charge in [0.1, 0.15) is 5.54 Å². The highest BCUT2D eigenvalue weighted by atomic mass is 15.2. The Morgan fingerprint density at radius 2 is 2.13 bits per heavy atom. The largest absolute Gasteiger partial charge is 0.300 e. The van der Waals surface area contributed by atoms with Gasteiger partial charge in [-0.15, -0.1) is 0 Å². The molecule has 1 unspecified atom stereocenters. The molecule has 1 saturated heterocycles. The first-order valence-corrected chi connectivity index (χ1v) is 5.84. The lowest BCUT2D eigenvalue weighted by molar-refractivity contribution is 0.273. The summed E-state index contributed by atoms with van der Waals surface area (Å²) in [6.07, 6.45) is 2.11. The van der Waals surface area contributed by atoms with Crippen LogP contribution in [0.15, 0.2) is 0 Å². The highest BCUT2D eigenvalue weighted by Gasteiger charge is 2.40. The molecular weight excluding hydrogens is 186 g/mol. The molecule has 0 aliphatic carbocycles. The van der Waals surface area contributed by atoms with Gasteiger partial charge in [0.25, 0.3) is 0 Å². The molecule has 0 bridgehead atoms. The summed E-state index contributed by atoms with van der Waals surface area (Å²) in [6, 6.07) is 2.47. The van der Waals surface area contributed by atoms with Crippen molar-refractivity contribution in [1.29, 1.82) is 5.26 Å². The van der Waals surface area contributed by atoms with Crippen LogP contribution in [0.2, 0.25) is 0 Å². The summed E-state index contributed by atoms with van der Waals surface area (Å²) in [5.74, 6) is 0. The number of nitriles is 1. The summed E-state index contributed by atoms with van der Waals surface area (Å²) < 4.78 is 0. The third kappa shape index (κ3) is 3.48. The van der Waals surface area contributed by atoms with Crippen molar-refractivity contribution >= 4 is 0 Å². The van der Waals surface area contributed by atoms with Crippen molar-refractivity contribution in [3.8, 4) is 6.07 Å². The second-order valence-electron chi connectivity index (χ2n) is 5.60. The van der Waals surface area contributed by atoms with E-state index in [1.807, 2.05) is 0 Å². The summed E-state index contributed by atoms with van der Waals surface area (Å²) in [5, 5.41) is 12.8. The van der Waals surface area contributed by atoms with Gasteiger partial charge < -0.3 is 4.90 Å². The second kappa shape index (κ2) is 4.51. The minimum Gasteiger partial charge on any atom is -0.300 e. The fourth-order valence-corrected chi connectivity index (χ4v) is 2.33. The summed E-state index contributed by atoms with van der Waals surface area (Å²) in [7, 11) is 0. The second-order valence-corrected chi connectivity index (χ2v) is 5.60. The Balaban J connectivity index is 2.62. The highest BCUT2D eigenvalue weighted by molar-refractivity contribution is 5.14. The van der Waals surface area contributed by atoms with E-state index in [9.17, 15) is 5.26 Å². The average Bonchev–Trinajstić information content (AvgIpc) is 2.47. The molecule has 0 saturated carbocycles. The third-order valence-corrected chi connectivity index (χ3v) is 2.72. The third-order valence-electron chi connectivity index (χ3n) is 2.72. The van der Waals surface area contributed by atoms with Crippen LogP contribution < -0.4 is 5.32 Å². The van der Waals surface area contributed by atoms with Crippen LogP contribution in [0, 0.1) is 11.3 Å². The quantitative estimate of drug-likeness (QED) is 0.769. The molecule has 0 aromatic heterocycles. The minimum absolute atomic E-state index is 0.0119. The number of nitrogens with one attached hydrogen (secondary N) is 1. The van der Waals surface area contributed by atoms with Gasteiger partial charge in [-0.25, -0.2) is 0 Å². The SMILES string of the molecule is CCCN1CCC(C#N)(NC(C)(C)C)C1. The molecule has 15 heavy (non-hydrogen) atoms. The first-order valence-electron chi connectivity index (χ1n) is 5.84. The monoisotopic (exact) mass is 209 g/mol. The van der Waals surface area contributed by atoms with E-state index in [2.05, 4.69) is 44.0 Å². The van der Waals surface area contributed by atoms with Crippen molar-refractivity contribution in [3.63, 3.8) is 0 Å². The lowest BCUT2D eigenvalue weighted by Gasteiger charge is -2.32. The zero-order chi connectivity index (χ0) is 11.5. The van der Waals surface area contributed by atoms with Gasteiger partial charge in [0.2, 0.25) is 0 Å². The van der Waals surface area contributed by atoms with Crippen LogP contribution in [0.4, 0.5) is 0 Å². The molecular formula is C12H23N3. The zero-order valence-corrected chi connectivity index (χ0v) is 10.4. The van der Waals surface area contributed by atoms with Gasteiger partial charge in [0, 0.05) is 18.6 Å². The summed E-state index contributed by atoms with van der Waals surface area (Å²) >= 11 is 0. The molecule has 1 rings (SSSR count). The van der Waals surface area contributed by atoms with E-state index in [0.29, 0.717) is 0 Å². The van der Waals surface area contributed by atoms with Crippen LogP contribution in [-0.2, 0) is 0 Å². The molecule has 1 aliphatic rings. The van der Waals surface area contributed by atoms with Gasteiger partial charge in [-0.05, 0) is 40.2 Å². The Bertz CT molecular complexity index is 249. The Kier molecular flexibility index (Phi) is 3.75. The van der Waals surface area contributed by atoms with Crippen molar-refractivity contribution < 1.29 is 0 Å². The van der Waals surface area contributed by atoms with Crippen molar-refractivity contribution in [2.75, 3.05) is 19.6 Å². The highest BCUT2D eigenvalue weighted by Crippen LogP contribution is 2.23. The van der Waals surface area contributed by atoms with Gasteiger partial charge in [0.15, 0.2) is 0 Å². The molecule has 3 nitrogen and oxygen atoms in total. The van der Waals surface area contributed by atoms with Gasteiger partial charge in [-0.2, -0.15) is 5.26 Å². The normalized spacial score (nSPS) is 27.9. The molecule has 0 aromatic carbocycles. The Hall–Kier alpha value is -0.590. The lowest BCUT2D eigenvalue weighted by atomic mass is 9.95. The lowest BCUT2D eigenvalue weighted by Crippen LogP contribution is -2.54. The van der Waals surface area contributed by atoms with Gasteiger partial charge in [-0.1, -0.05) is 6.92 Å². The van der Waals surface area contributed by atoms with E-state index in [4.69, 9.17) is 0 Å². The fraction of sp³-hybridized carbons (Fsp3) is 0.917. The van der Waals surface area contributed by atoms with Crippen LogP contribution in [0.5, 0.6) is 0 Å². The Morgan fingerprint density at radius 3 is 2.60 bits per heavy atom. The smallest absolute Gasteiger partial charge is 0.121 e. The Morgan fingerprint density at radius 1 is 1.47 bits per heavy atom. The molecule has 0 aromatic rings. The topological polar surface area (TPSA) is 39.1 Å². The van der Waals surface area contributed by atoms with Gasteiger partial charge >= 0.3 is 0 Å². The zero-order valence-electron chi connectivity index (χ0n) is 10.4. The van der Waals surface area contributed by atoms with Crippen LogP contribution in [0.1, 0.15) is 40.5 Å². The molecule has 86 valence electrons. The fourth-order valence-electron chi connectivity index (χ4n) is 2.33. The summed E-state index contributed by atoms with van der Waals surface area (Å²) in [5.41, 5.74) is -0.314. The first-order chi connectivity index (χ1) is 6.91. The maximum Gasteiger partial charge on any atom is 0.121 e. The van der Waals surface area contributed by atoms with E-state index in [1.165, 1.54) is 0 Å². The number of likely N-dealkylation sites (tertiary alicyclic amines) is 1. The average molecular weight is 209 g/mol. The molecule has 1 aliphatic heterocycles. The standard InChI is InChI=1S/C12H23N3/c1-5-7-15-8-6-12(9-13,10-15)14-11(2,3)4/h14H,5-8,10H2,1-4H3. The van der Waals surface area contributed by atoms with E-state index in [0.717, 1.165) is 32.5 Å². The molecule has 1 N–H and O–H groups in total. The van der Waals surface area contributed by atoms with E-state index >= 15 is 0 Å².